The number of fused-ring (bicyclic) bond motifs is 1. The summed E-state index contributed by atoms with van der Waals surface area (Å²) in [5, 5.41) is 3.96. The second-order valence-corrected chi connectivity index (χ2v) is 9.08. The molecule has 0 spiro atoms. The third-order valence-corrected chi connectivity index (χ3v) is 6.00. The van der Waals surface area contributed by atoms with Crippen LogP contribution in [0.3, 0.4) is 0 Å². The van der Waals surface area contributed by atoms with Crippen molar-refractivity contribution in [2.24, 2.45) is 0 Å². The standard InChI is InChI=1S/C24H23N3OS/c1-15-18(22-27-20-9-6-14-25-23(20)29-22)7-5-8-19(15)26-21(28)16-10-12-17(13-11-16)24(2,3)4/h5-14H,1-4H3,(H,26,28). The van der Waals surface area contributed by atoms with Crippen LogP contribution in [0.2, 0.25) is 0 Å². The zero-order valence-corrected chi connectivity index (χ0v) is 17.8. The molecule has 0 saturated carbocycles. The average molecular weight is 402 g/mol. The Morgan fingerprint density at radius 2 is 1.76 bits per heavy atom. The van der Waals surface area contributed by atoms with Crippen LogP contribution in [-0.2, 0) is 5.41 Å². The number of anilines is 1. The second-order valence-electron chi connectivity index (χ2n) is 8.11. The first-order chi connectivity index (χ1) is 13.8. The predicted octanol–water partition coefficient (Wildman–Crippen LogP) is 6.22. The van der Waals surface area contributed by atoms with E-state index in [-0.39, 0.29) is 11.3 Å². The summed E-state index contributed by atoms with van der Waals surface area (Å²) in [6.45, 7) is 8.49. The molecular formula is C24H23N3OS. The Labute approximate surface area is 174 Å². The van der Waals surface area contributed by atoms with Gasteiger partial charge in [-0.25, -0.2) is 9.97 Å². The van der Waals surface area contributed by atoms with Gasteiger partial charge in [-0.05, 0) is 53.8 Å². The van der Waals surface area contributed by atoms with Gasteiger partial charge in [0, 0.05) is 23.0 Å². The molecule has 0 aliphatic rings. The number of rotatable bonds is 3. The van der Waals surface area contributed by atoms with Gasteiger partial charge in [-0.3, -0.25) is 4.79 Å². The predicted molar refractivity (Wildman–Crippen MR) is 121 cm³/mol. The quantitative estimate of drug-likeness (QED) is 0.443. The number of carbonyl (C=O) groups is 1. The van der Waals surface area contributed by atoms with Gasteiger partial charge in [-0.2, -0.15) is 0 Å². The summed E-state index contributed by atoms with van der Waals surface area (Å²) in [7, 11) is 0. The largest absolute Gasteiger partial charge is 0.322 e. The summed E-state index contributed by atoms with van der Waals surface area (Å²) in [5.41, 5.74) is 5.59. The van der Waals surface area contributed by atoms with E-state index < -0.39 is 0 Å². The first-order valence-corrected chi connectivity index (χ1v) is 10.4. The molecule has 2 aromatic heterocycles. The number of hydrogen-bond acceptors (Lipinski definition) is 4. The lowest BCUT2D eigenvalue weighted by atomic mass is 9.86. The number of thiazole rings is 1. The number of carbonyl (C=O) groups excluding carboxylic acids is 1. The maximum Gasteiger partial charge on any atom is 0.255 e. The van der Waals surface area contributed by atoms with Crippen LogP contribution in [0.25, 0.3) is 20.9 Å². The fourth-order valence-corrected chi connectivity index (χ4v) is 4.19. The Morgan fingerprint density at radius 3 is 2.45 bits per heavy atom. The van der Waals surface area contributed by atoms with E-state index in [1.54, 1.807) is 17.5 Å². The minimum atomic E-state index is -0.114. The van der Waals surface area contributed by atoms with Gasteiger partial charge < -0.3 is 5.32 Å². The fraction of sp³-hybridized carbons (Fsp3) is 0.208. The molecule has 0 fully saturated rings. The van der Waals surface area contributed by atoms with E-state index in [0.717, 1.165) is 32.2 Å². The number of nitrogens with one attached hydrogen (secondary N) is 1. The Morgan fingerprint density at radius 1 is 1.00 bits per heavy atom. The van der Waals surface area contributed by atoms with Crippen LogP contribution >= 0.6 is 11.3 Å². The lowest BCUT2D eigenvalue weighted by Crippen LogP contribution is -2.15. The van der Waals surface area contributed by atoms with Crippen LogP contribution in [-0.4, -0.2) is 15.9 Å². The van der Waals surface area contributed by atoms with Gasteiger partial charge >= 0.3 is 0 Å². The minimum absolute atomic E-state index is 0.0615. The topological polar surface area (TPSA) is 54.9 Å². The molecule has 4 aromatic rings. The van der Waals surface area contributed by atoms with Crippen LogP contribution in [0.15, 0.2) is 60.8 Å². The molecule has 5 heteroatoms. The van der Waals surface area contributed by atoms with Gasteiger partial charge in [0.2, 0.25) is 0 Å². The highest BCUT2D eigenvalue weighted by atomic mass is 32.1. The zero-order valence-electron chi connectivity index (χ0n) is 17.0. The summed E-state index contributed by atoms with van der Waals surface area (Å²) in [4.78, 5) is 22.8. The summed E-state index contributed by atoms with van der Waals surface area (Å²) < 4.78 is 0. The van der Waals surface area contributed by atoms with Crippen molar-refractivity contribution in [2.75, 3.05) is 5.32 Å². The van der Waals surface area contributed by atoms with Crippen molar-refractivity contribution in [1.29, 1.82) is 0 Å². The molecular weight excluding hydrogens is 378 g/mol. The Kier molecular flexibility index (Phi) is 4.92. The number of hydrogen-bond donors (Lipinski definition) is 1. The third-order valence-electron chi connectivity index (χ3n) is 4.99. The Balaban J connectivity index is 1.61. The molecule has 4 nitrogen and oxygen atoms in total. The van der Waals surface area contributed by atoms with Crippen molar-refractivity contribution in [3.8, 4) is 10.6 Å². The van der Waals surface area contributed by atoms with Crippen molar-refractivity contribution in [2.45, 2.75) is 33.1 Å². The van der Waals surface area contributed by atoms with Crippen molar-refractivity contribution in [3.63, 3.8) is 0 Å². The van der Waals surface area contributed by atoms with Crippen LogP contribution in [0.5, 0.6) is 0 Å². The molecule has 1 N–H and O–H groups in total. The van der Waals surface area contributed by atoms with Crippen LogP contribution in [0, 0.1) is 6.92 Å². The molecule has 0 unspecified atom stereocenters. The molecule has 2 heterocycles. The van der Waals surface area contributed by atoms with E-state index >= 15 is 0 Å². The smallest absolute Gasteiger partial charge is 0.255 e. The second kappa shape index (κ2) is 7.41. The maximum atomic E-state index is 12.8. The van der Waals surface area contributed by atoms with Gasteiger partial charge in [0.1, 0.15) is 15.4 Å². The maximum absolute atomic E-state index is 12.8. The van der Waals surface area contributed by atoms with Gasteiger partial charge in [0.05, 0.1) is 0 Å². The Hall–Kier alpha value is -3.05. The third kappa shape index (κ3) is 3.91. The van der Waals surface area contributed by atoms with Gasteiger partial charge in [0.15, 0.2) is 0 Å². The highest BCUT2D eigenvalue weighted by Gasteiger charge is 2.16. The van der Waals surface area contributed by atoms with Crippen molar-refractivity contribution < 1.29 is 4.79 Å². The van der Waals surface area contributed by atoms with Gasteiger partial charge in [0.25, 0.3) is 5.91 Å². The highest BCUT2D eigenvalue weighted by molar-refractivity contribution is 7.21. The summed E-state index contributed by atoms with van der Waals surface area (Å²) in [6, 6.07) is 17.6. The number of aromatic nitrogens is 2. The van der Waals surface area contributed by atoms with E-state index in [0.29, 0.717) is 5.56 Å². The molecule has 146 valence electrons. The molecule has 0 atom stereocenters. The van der Waals surface area contributed by atoms with E-state index in [1.165, 1.54) is 5.56 Å². The van der Waals surface area contributed by atoms with Crippen LogP contribution in [0.1, 0.15) is 42.3 Å². The summed E-state index contributed by atoms with van der Waals surface area (Å²) in [5.74, 6) is -0.114. The first kappa shape index (κ1) is 19.3. The number of pyridine rings is 1. The lowest BCUT2D eigenvalue weighted by molar-refractivity contribution is 0.102. The van der Waals surface area contributed by atoms with Crippen LogP contribution < -0.4 is 5.32 Å². The van der Waals surface area contributed by atoms with Gasteiger partial charge in [-0.1, -0.05) is 56.4 Å². The average Bonchev–Trinajstić information content (AvgIpc) is 3.13. The minimum Gasteiger partial charge on any atom is -0.322 e. The molecule has 4 rings (SSSR count). The molecule has 0 aliphatic carbocycles. The van der Waals surface area contributed by atoms with Gasteiger partial charge in [-0.15, -0.1) is 0 Å². The first-order valence-electron chi connectivity index (χ1n) is 9.56. The van der Waals surface area contributed by atoms with Crippen molar-refractivity contribution in [1.82, 2.24) is 9.97 Å². The highest BCUT2D eigenvalue weighted by Crippen LogP contribution is 2.33. The fourth-order valence-electron chi connectivity index (χ4n) is 3.20. The zero-order chi connectivity index (χ0) is 20.6. The number of nitrogens with zero attached hydrogens (tertiary/aromatic N) is 2. The monoisotopic (exact) mass is 401 g/mol. The summed E-state index contributed by atoms with van der Waals surface area (Å²) in [6.07, 6.45) is 1.78. The SMILES string of the molecule is Cc1c(NC(=O)c2ccc(C(C)(C)C)cc2)cccc1-c1nc2cccnc2s1. The summed E-state index contributed by atoms with van der Waals surface area (Å²) >= 11 is 1.56. The number of amides is 1. The number of benzene rings is 2. The Bertz CT molecular complexity index is 1150. The van der Waals surface area contributed by atoms with E-state index in [2.05, 4.69) is 31.1 Å². The van der Waals surface area contributed by atoms with Crippen molar-refractivity contribution >= 4 is 33.3 Å². The van der Waals surface area contributed by atoms with E-state index in [9.17, 15) is 4.79 Å². The molecule has 0 radical (unpaired) electrons. The normalized spacial score (nSPS) is 11.6. The van der Waals surface area contributed by atoms with Crippen LogP contribution in [0.4, 0.5) is 5.69 Å². The molecule has 29 heavy (non-hydrogen) atoms. The van der Waals surface area contributed by atoms with E-state index in [4.69, 9.17) is 4.98 Å². The molecule has 1 amide bonds. The van der Waals surface area contributed by atoms with E-state index in [1.807, 2.05) is 61.5 Å². The lowest BCUT2D eigenvalue weighted by Gasteiger charge is -2.19. The molecule has 0 saturated heterocycles. The molecule has 2 aromatic carbocycles. The molecule has 0 aliphatic heterocycles. The van der Waals surface area contributed by atoms with Crippen molar-refractivity contribution in [3.05, 3.63) is 77.5 Å². The molecule has 0 bridgehead atoms.